The Hall–Kier alpha value is -1.42. The minimum absolute atomic E-state index is 0.183. The lowest BCUT2D eigenvalue weighted by Gasteiger charge is -2.49. The third kappa shape index (κ3) is 16.7. The van der Waals surface area contributed by atoms with Crippen LogP contribution in [-0.4, -0.2) is 123 Å². The summed E-state index contributed by atoms with van der Waals surface area (Å²) in [4.78, 5) is 23.9. The molecule has 0 bridgehead atoms. The summed E-state index contributed by atoms with van der Waals surface area (Å²) in [6.45, 7) is 1.93. The molecule has 8 N–H and O–H groups in total. The highest BCUT2D eigenvalue weighted by Gasteiger charge is 2.62. The van der Waals surface area contributed by atoms with Crippen LogP contribution in [0.3, 0.4) is 0 Å². The summed E-state index contributed by atoms with van der Waals surface area (Å²) in [5, 5.41) is 73.4. The average molecular weight is 680 g/mol. The second-order valence-electron chi connectivity index (χ2n) is 13.0. The van der Waals surface area contributed by atoms with Gasteiger partial charge in [0.1, 0.15) is 36.6 Å². The van der Waals surface area contributed by atoms with Gasteiger partial charge in [0.2, 0.25) is 5.91 Å². The number of carboxylic acid groups (broad SMARTS) is 1. The molecule has 1 amide bonds. The third-order valence-electron chi connectivity index (χ3n) is 8.77. The van der Waals surface area contributed by atoms with Gasteiger partial charge in [0, 0.05) is 13.5 Å². The second-order valence-corrected chi connectivity index (χ2v) is 13.0. The van der Waals surface area contributed by atoms with Crippen molar-refractivity contribution in [3.8, 4) is 0 Å². The van der Waals surface area contributed by atoms with Gasteiger partial charge in [-0.25, -0.2) is 4.79 Å². The Kier molecular flexibility index (Phi) is 23.7. The Morgan fingerprint density at radius 2 is 1.26 bits per heavy atom. The van der Waals surface area contributed by atoms with E-state index in [0.717, 1.165) is 26.2 Å². The number of aliphatic carboxylic acids is 1. The van der Waals surface area contributed by atoms with E-state index in [0.29, 0.717) is 6.61 Å². The fraction of sp³-hybridized carbons (Fsp3) is 0.941. The molecular formula is C34H65NO12. The maximum atomic E-state index is 12.2. The number of rotatable bonds is 29. The Balaban J connectivity index is 2.26. The smallest absolute Gasteiger partial charge is 0.367 e. The zero-order valence-corrected chi connectivity index (χ0v) is 28.8. The molecular weight excluding hydrogens is 614 g/mol. The number of unbranched alkanes of at least 4 members (excludes halogenated alkanes) is 17. The minimum Gasteiger partial charge on any atom is -0.477 e. The summed E-state index contributed by atoms with van der Waals surface area (Å²) < 4.78 is 16.2. The first kappa shape index (κ1) is 43.6. The van der Waals surface area contributed by atoms with Crippen molar-refractivity contribution in [1.82, 2.24) is 5.32 Å². The van der Waals surface area contributed by atoms with Crippen LogP contribution in [0.5, 0.6) is 0 Å². The molecule has 0 unspecified atom stereocenters. The van der Waals surface area contributed by atoms with E-state index in [-0.39, 0.29) is 6.61 Å². The summed E-state index contributed by atoms with van der Waals surface area (Å²) in [5.41, 5.74) is 0. The highest BCUT2D eigenvalue weighted by Crippen LogP contribution is 2.34. The standard InChI is InChI=1S/C34H65NO12/c1-3-4-5-6-7-8-9-10-11-12-13-14-15-16-17-18-19-20-21-45-23-26(38)24-46-34(33(43)44)32(42)30(41)28(35-25(2)37)31(47-34)29(40)27(39)22-36/h26-32,36,38-42H,3-24H2,1-2H3,(H,35,37)(H,43,44)/t26-,27+,28+,29+,30+,31+,32-,34-/m0/s1. The average Bonchev–Trinajstić information content (AvgIpc) is 3.04. The number of aliphatic hydroxyl groups is 6. The Bertz CT molecular complexity index is 820. The van der Waals surface area contributed by atoms with Gasteiger partial charge in [-0.05, 0) is 6.42 Å². The second kappa shape index (κ2) is 25.5. The number of aliphatic hydroxyl groups excluding tert-OH is 6. The molecule has 47 heavy (non-hydrogen) atoms. The fourth-order valence-electron chi connectivity index (χ4n) is 5.92. The van der Waals surface area contributed by atoms with Crippen LogP contribution in [0.15, 0.2) is 0 Å². The van der Waals surface area contributed by atoms with Crippen molar-refractivity contribution < 1.29 is 59.5 Å². The maximum absolute atomic E-state index is 12.2. The molecule has 0 spiro atoms. The predicted octanol–water partition coefficient (Wildman–Crippen LogP) is 2.54. The van der Waals surface area contributed by atoms with Crippen molar-refractivity contribution in [3.63, 3.8) is 0 Å². The zero-order chi connectivity index (χ0) is 35.1. The van der Waals surface area contributed by atoms with Crippen LogP contribution in [0.2, 0.25) is 0 Å². The molecule has 13 nitrogen and oxygen atoms in total. The first-order chi connectivity index (χ1) is 22.5. The maximum Gasteiger partial charge on any atom is 0.367 e. The molecule has 0 aromatic carbocycles. The molecule has 0 saturated carbocycles. The minimum atomic E-state index is -2.97. The molecule has 13 heteroatoms. The molecule has 0 aromatic rings. The molecule has 1 saturated heterocycles. The number of carboxylic acids is 1. The quantitative estimate of drug-likeness (QED) is 0.0536. The van der Waals surface area contributed by atoms with Gasteiger partial charge < -0.3 is 55.3 Å². The molecule has 1 aliphatic heterocycles. The van der Waals surface area contributed by atoms with Gasteiger partial charge in [0.15, 0.2) is 0 Å². The van der Waals surface area contributed by atoms with Crippen LogP contribution in [0, 0.1) is 0 Å². The van der Waals surface area contributed by atoms with E-state index in [2.05, 4.69) is 12.2 Å². The summed E-state index contributed by atoms with van der Waals surface area (Å²) in [7, 11) is 0. The summed E-state index contributed by atoms with van der Waals surface area (Å²) in [6.07, 6.45) is 11.7. The first-order valence-electron chi connectivity index (χ1n) is 17.9. The number of amides is 1. The van der Waals surface area contributed by atoms with Crippen molar-refractivity contribution in [2.75, 3.05) is 26.4 Å². The first-order valence-corrected chi connectivity index (χ1v) is 17.9. The molecule has 1 fully saturated rings. The van der Waals surface area contributed by atoms with E-state index in [9.17, 15) is 45.3 Å². The predicted molar refractivity (Wildman–Crippen MR) is 176 cm³/mol. The van der Waals surface area contributed by atoms with Gasteiger partial charge >= 0.3 is 5.97 Å². The van der Waals surface area contributed by atoms with E-state index in [1.54, 1.807) is 0 Å². The van der Waals surface area contributed by atoms with Gasteiger partial charge in [-0.3, -0.25) is 4.79 Å². The molecule has 278 valence electrons. The number of hydrogen-bond acceptors (Lipinski definition) is 11. The molecule has 8 atom stereocenters. The number of carbonyl (C=O) groups is 2. The van der Waals surface area contributed by atoms with Crippen LogP contribution >= 0.6 is 0 Å². The number of hydrogen-bond donors (Lipinski definition) is 8. The van der Waals surface area contributed by atoms with Crippen LogP contribution < -0.4 is 5.32 Å². The summed E-state index contributed by atoms with van der Waals surface area (Å²) in [5.74, 6) is -5.55. The van der Waals surface area contributed by atoms with E-state index >= 15 is 0 Å². The number of ether oxygens (including phenoxy) is 3. The summed E-state index contributed by atoms with van der Waals surface area (Å²) >= 11 is 0. The van der Waals surface area contributed by atoms with E-state index in [1.807, 2.05) is 0 Å². The van der Waals surface area contributed by atoms with Gasteiger partial charge in [-0.15, -0.1) is 0 Å². The van der Waals surface area contributed by atoms with Gasteiger partial charge in [-0.2, -0.15) is 0 Å². The SMILES string of the molecule is CCCCCCCCCCCCCCCCCCCCOC[C@H](O)CO[C@]1(C(=O)O)O[C@@H]([C@H](O)[C@H](O)CO)[C@H](NC(C)=O)[C@@H](O)[C@@H]1O. The van der Waals surface area contributed by atoms with E-state index < -0.39 is 73.5 Å². The normalized spacial score (nSPS) is 24.9. The fourth-order valence-corrected chi connectivity index (χ4v) is 5.92. The molecule has 0 aromatic heterocycles. The number of nitrogens with one attached hydrogen (secondary N) is 1. The highest BCUT2D eigenvalue weighted by atomic mass is 16.7. The summed E-state index contributed by atoms with van der Waals surface area (Å²) in [6, 6.07) is -1.56. The lowest BCUT2D eigenvalue weighted by Crippen LogP contribution is -2.74. The molecule has 1 rings (SSSR count). The Labute approximate surface area is 281 Å². The third-order valence-corrected chi connectivity index (χ3v) is 8.77. The van der Waals surface area contributed by atoms with Crippen LogP contribution in [-0.2, 0) is 23.8 Å². The molecule has 1 aliphatic rings. The van der Waals surface area contributed by atoms with E-state index in [4.69, 9.17) is 14.2 Å². The zero-order valence-electron chi connectivity index (χ0n) is 28.8. The lowest BCUT2D eigenvalue weighted by molar-refractivity contribution is -0.350. The monoisotopic (exact) mass is 679 g/mol. The Morgan fingerprint density at radius 1 is 0.787 bits per heavy atom. The number of carbonyl (C=O) groups excluding carboxylic acids is 1. The van der Waals surface area contributed by atoms with Crippen LogP contribution in [0.4, 0.5) is 0 Å². The van der Waals surface area contributed by atoms with Gasteiger partial charge in [0.05, 0.1) is 25.9 Å². The van der Waals surface area contributed by atoms with E-state index in [1.165, 1.54) is 96.3 Å². The highest BCUT2D eigenvalue weighted by molar-refractivity contribution is 5.77. The van der Waals surface area contributed by atoms with Crippen molar-refractivity contribution in [2.45, 2.75) is 178 Å². The molecule has 1 heterocycles. The topological polar surface area (TPSA) is 215 Å². The molecule has 0 radical (unpaired) electrons. The lowest BCUT2D eigenvalue weighted by atomic mass is 9.86. The van der Waals surface area contributed by atoms with Crippen molar-refractivity contribution in [1.29, 1.82) is 0 Å². The van der Waals surface area contributed by atoms with Crippen LogP contribution in [0.25, 0.3) is 0 Å². The van der Waals surface area contributed by atoms with Crippen molar-refractivity contribution >= 4 is 11.9 Å². The van der Waals surface area contributed by atoms with Crippen molar-refractivity contribution in [3.05, 3.63) is 0 Å². The van der Waals surface area contributed by atoms with Crippen molar-refractivity contribution in [2.24, 2.45) is 0 Å². The largest absolute Gasteiger partial charge is 0.477 e. The van der Waals surface area contributed by atoms with Gasteiger partial charge in [0.25, 0.3) is 5.79 Å². The van der Waals surface area contributed by atoms with Gasteiger partial charge in [-0.1, -0.05) is 116 Å². The molecule has 0 aliphatic carbocycles. The van der Waals surface area contributed by atoms with Crippen LogP contribution in [0.1, 0.15) is 129 Å². The Morgan fingerprint density at radius 3 is 1.68 bits per heavy atom.